The monoisotopic (exact) mass is 333 g/mol. The van der Waals surface area contributed by atoms with Gasteiger partial charge in [-0.25, -0.2) is 0 Å². The predicted molar refractivity (Wildman–Crippen MR) is 89.2 cm³/mol. The van der Waals surface area contributed by atoms with E-state index in [1.165, 1.54) is 14.2 Å². The lowest BCUT2D eigenvalue weighted by Gasteiger charge is -2.20. The molecule has 2 rings (SSSR count). The van der Waals surface area contributed by atoms with Gasteiger partial charge < -0.3 is 19.9 Å². The maximum absolute atomic E-state index is 12.2. The number of benzene rings is 1. The SMILES string of the molecule is COc1ccc(C(CC(=O)O)NC(=O)CC2C=CCC2)cc1OC. The Labute approximate surface area is 141 Å². The first-order valence-corrected chi connectivity index (χ1v) is 7.93. The van der Waals surface area contributed by atoms with Gasteiger partial charge in [0.15, 0.2) is 11.5 Å². The van der Waals surface area contributed by atoms with Gasteiger partial charge in [0, 0.05) is 6.42 Å². The molecule has 0 aromatic heterocycles. The van der Waals surface area contributed by atoms with E-state index < -0.39 is 12.0 Å². The van der Waals surface area contributed by atoms with Crippen LogP contribution < -0.4 is 14.8 Å². The third-order valence-electron chi connectivity index (χ3n) is 4.08. The van der Waals surface area contributed by atoms with Crippen LogP contribution in [0.25, 0.3) is 0 Å². The van der Waals surface area contributed by atoms with Gasteiger partial charge in [0.05, 0.1) is 26.7 Å². The highest BCUT2D eigenvalue weighted by Gasteiger charge is 2.21. The van der Waals surface area contributed by atoms with Crippen LogP contribution in [0.1, 0.15) is 37.3 Å². The number of ether oxygens (including phenoxy) is 2. The van der Waals surface area contributed by atoms with E-state index in [-0.39, 0.29) is 18.2 Å². The summed E-state index contributed by atoms with van der Waals surface area (Å²) in [6.45, 7) is 0. The van der Waals surface area contributed by atoms with Gasteiger partial charge in [-0.3, -0.25) is 9.59 Å². The second-order valence-corrected chi connectivity index (χ2v) is 5.80. The minimum absolute atomic E-state index is 0.146. The quantitative estimate of drug-likeness (QED) is 0.715. The number of hydrogen-bond donors (Lipinski definition) is 2. The molecule has 2 unspecified atom stereocenters. The number of aliphatic carboxylic acids is 1. The zero-order valence-electron chi connectivity index (χ0n) is 14.0. The lowest BCUT2D eigenvalue weighted by molar-refractivity contribution is -0.137. The van der Waals surface area contributed by atoms with Gasteiger partial charge in [-0.05, 0) is 36.5 Å². The molecule has 2 atom stereocenters. The van der Waals surface area contributed by atoms with Gasteiger partial charge in [-0.15, -0.1) is 0 Å². The molecule has 0 fully saturated rings. The van der Waals surface area contributed by atoms with E-state index in [4.69, 9.17) is 14.6 Å². The molecule has 1 aromatic carbocycles. The van der Waals surface area contributed by atoms with E-state index in [0.29, 0.717) is 23.5 Å². The Morgan fingerprint density at radius 1 is 1.29 bits per heavy atom. The Hall–Kier alpha value is -2.50. The van der Waals surface area contributed by atoms with Crippen molar-refractivity contribution in [1.82, 2.24) is 5.32 Å². The minimum atomic E-state index is -0.976. The van der Waals surface area contributed by atoms with Gasteiger partial charge in [-0.1, -0.05) is 18.2 Å². The van der Waals surface area contributed by atoms with Crippen molar-refractivity contribution in [2.45, 2.75) is 31.7 Å². The first-order valence-electron chi connectivity index (χ1n) is 7.93. The maximum atomic E-state index is 12.2. The topological polar surface area (TPSA) is 84.9 Å². The lowest BCUT2D eigenvalue weighted by Crippen LogP contribution is -2.31. The zero-order chi connectivity index (χ0) is 17.5. The molecule has 0 saturated carbocycles. The maximum Gasteiger partial charge on any atom is 0.305 e. The fraction of sp³-hybridized carbons (Fsp3) is 0.444. The molecule has 0 radical (unpaired) electrons. The van der Waals surface area contributed by atoms with Gasteiger partial charge in [0.25, 0.3) is 0 Å². The number of amides is 1. The largest absolute Gasteiger partial charge is 0.493 e. The minimum Gasteiger partial charge on any atom is -0.493 e. The molecule has 0 spiro atoms. The lowest BCUT2D eigenvalue weighted by atomic mass is 10.0. The molecule has 0 bridgehead atoms. The summed E-state index contributed by atoms with van der Waals surface area (Å²) in [6, 6.07) is 4.53. The van der Waals surface area contributed by atoms with Gasteiger partial charge in [0.1, 0.15) is 0 Å². The molecule has 0 heterocycles. The van der Waals surface area contributed by atoms with Crippen LogP contribution in [-0.2, 0) is 9.59 Å². The summed E-state index contributed by atoms with van der Waals surface area (Å²) in [5, 5.41) is 12.0. The fourth-order valence-electron chi connectivity index (χ4n) is 2.85. The fourth-order valence-corrected chi connectivity index (χ4v) is 2.85. The van der Waals surface area contributed by atoms with Crippen molar-refractivity contribution in [3.8, 4) is 11.5 Å². The van der Waals surface area contributed by atoms with Crippen molar-refractivity contribution >= 4 is 11.9 Å². The van der Waals surface area contributed by atoms with Crippen LogP contribution in [0, 0.1) is 5.92 Å². The van der Waals surface area contributed by atoms with Crippen LogP contribution in [-0.4, -0.2) is 31.2 Å². The average Bonchev–Trinajstić information content (AvgIpc) is 3.05. The van der Waals surface area contributed by atoms with E-state index in [9.17, 15) is 9.59 Å². The van der Waals surface area contributed by atoms with Gasteiger partial charge >= 0.3 is 5.97 Å². The smallest absolute Gasteiger partial charge is 0.305 e. The molecule has 130 valence electrons. The zero-order valence-corrected chi connectivity index (χ0v) is 14.0. The van der Waals surface area contributed by atoms with Crippen molar-refractivity contribution in [2.24, 2.45) is 5.92 Å². The number of carboxylic acids is 1. The second kappa shape index (κ2) is 8.38. The third kappa shape index (κ3) is 4.75. The molecular formula is C18H23NO5. The van der Waals surface area contributed by atoms with Crippen molar-refractivity contribution in [3.63, 3.8) is 0 Å². The normalized spacial score (nSPS) is 17.3. The highest BCUT2D eigenvalue weighted by atomic mass is 16.5. The van der Waals surface area contributed by atoms with Crippen molar-refractivity contribution in [3.05, 3.63) is 35.9 Å². The van der Waals surface area contributed by atoms with Crippen LogP contribution in [0.2, 0.25) is 0 Å². The molecule has 6 nitrogen and oxygen atoms in total. The highest BCUT2D eigenvalue weighted by Crippen LogP contribution is 2.31. The molecule has 2 N–H and O–H groups in total. The Morgan fingerprint density at radius 3 is 2.62 bits per heavy atom. The van der Waals surface area contributed by atoms with Gasteiger partial charge in [0.2, 0.25) is 5.91 Å². The summed E-state index contributed by atoms with van der Waals surface area (Å²) in [5.74, 6) is 0.167. The number of carboxylic acid groups (broad SMARTS) is 1. The summed E-state index contributed by atoms with van der Waals surface area (Å²) in [6.07, 6.45) is 6.25. The summed E-state index contributed by atoms with van der Waals surface area (Å²) in [7, 11) is 3.04. The Kier molecular flexibility index (Phi) is 6.23. The summed E-state index contributed by atoms with van der Waals surface area (Å²) < 4.78 is 10.4. The highest BCUT2D eigenvalue weighted by molar-refractivity contribution is 5.78. The number of hydrogen-bond acceptors (Lipinski definition) is 4. The molecular weight excluding hydrogens is 310 g/mol. The van der Waals surface area contributed by atoms with Crippen LogP contribution in [0.15, 0.2) is 30.4 Å². The second-order valence-electron chi connectivity index (χ2n) is 5.80. The summed E-state index contributed by atoms with van der Waals surface area (Å²) >= 11 is 0. The van der Waals surface area contributed by atoms with Crippen molar-refractivity contribution < 1.29 is 24.2 Å². The van der Waals surface area contributed by atoms with Crippen LogP contribution >= 0.6 is 0 Å². The number of carbonyl (C=O) groups excluding carboxylic acids is 1. The standard InChI is InChI=1S/C18H23NO5/c1-23-15-8-7-13(10-16(15)24-2)14(11-18(21)22)19-17(20)9-12-5-3-4-6-12/h3,5,7-8,10,12,14H,4,6,9,11H2,1-2H3,(H,19,20)(H,21,22). The molecule has 1 amide bonds. The van der Waals surface area contributed by atoms with Crippen molar-refractivity contribution in [1.29, 1.82) is 0 Å². The van der Waals surface area contributed by atoms with Crippen molar-refractivity contribution in [2.75, 3.05) is 14.2 Å². The van der Waals surface area contributed by atoms with Crippen LogP contribution in [0.3, 0.4) is 0 Å². The molecule has 1 aliphatic rings. The average molecular weight is 333 g/mol. The molecule has 6 heteroatoms. The van der Waals surface area contributed by atoms with E-state index in [1.54, 1.807) is 18.2 Å². The summed E-state index contributed by atoms with van der Waals surface area (Å²) in [5.41, 5.74) is 0.672. The Bertz CT molecular complexity index is 626. The molecule has 0 saturated heterocycles. The van der Waals surface area contributed by atoms with Gasteiger partial charge in [-0.2, -0.15) is 0 Å². The van der Waals surface area contributed by atoms with E-state index >= 15 is 0 Å². The molecule has 1 aromatic rings. The first kappa shape index (κ1) is 17.8. The van der Waals surface area contributed by atoms with E-state index in [2.05, 4.69) is 11.4 Å². The molecule has 1 aliphatic carbocycles. The number of rotatable bonds is 8. The number of methoxy groups -OCH3 is 2. The first-order chi connectivity index (χ1) is 11.5. The summed E-state index contributed by atoms with van der Waals surface area (Å²) in [4.78, 5) is 23.4. The van der Waals surface area contributed by atoms with Crippen LogP contribution in [0.5, 0.6) is 11.5 Å². The number of allylic oxidation sites excluding steroid dienone is 2. The number of carbonyl (C=O) groups is 2. The van der Waals surface area contributed by atoms with E-state index in [0.717, 1.165) is 12.8 Å². The number of nitrogens with one attached hydrogen (secondary N) is 1. The molecule has 0 aliphatic heterocycles. The Balaban J connectivity index is 2.13. The Morgan fingerprint density at radius 2 is 2.04 bits per heavy atom. The third-order valence-corrected chi connectivity index (χ3v) is 4.08. The van der Waals surface area contributed by atoms with E-state index in [1.807, 2.05) is 6.08 Å². The molecule has 24 heavy (non-hydrogen) atoms. The van der Waals surface area contributed by atoms with Crippen LogP contribution in [0.4, 0.5) is 0 Å². The predicted octanol–water partition coefficient (Wildman–Crippen LogP) is 2.69.